The van der Waals surface area contributed by atoms with Crippen LogP contribution in [0.25, 0.3) is 0 Å². The highest BCUT2D eigenvalue weighted by Crippen LogP contribution is 2.19. The summed E-state index contributed by atoms with van der Waals surface area (Å²) >= 11 is 0. The Morgan fingerprint density at radius 3 is 2.83 bits per heavy atom. The van der Waals surface area contributed by atoms with Gasteiger partial charge in [0, 0.05) is 36.8 Å². The van der Waals surface area contributed by atoms with Crippen LogP contribution in [0.15, 0.2) is 18.3 Å². The van der Waals surface area contributed by atoms with Crippen molar-refractivity contribution in [3.05, 3.63) is 24.0 Å². The lowest BCUT2D eigenvalue weighted by Gasteiger charge is -2.10. The Labute approximate surface area is 109 Å². The Hall–Kier alpha value is -0.810. The summed E-state index contributed by atoms with van der Waals surface area (Å²) in [6.45, 7) is 3.31. The largest absolute Gasteiger partial charge is 0.349 e. The maximum atomic E-state index is 11.7. The topological polar surface area (TPSA) is 51.1 Å². The third kappa shape index (κ3) is 4.14. The van der Waals surface area contributed by atoms with Gasteiger partial charge in [0.1, 0.15) is 0 Å². The fraction of sp³-hybridized carbons (Fsp3) is 0.692. The van der Waals surface area contributed by atoms with Gasteiger partial charge in [-0.15, -0.1) is 0 Å². The molecule has 0 spiro atoms. The van der Waals surface area contributed by atoms with Gasteiger partial charge in [-0.25, -0.2) is 8.42 Å². The van der Waals surface area contributed by atoms with Gasteiger partial charge in [-0.3, -0.25) is 0 Å². The number of aromatic nitrogens is 1. The van der Waals surface area contributed by atoms with Gasteiger partial charge in [0.25, 0.3) is 0 Å². The van der Waals surface area contributed by atoms with Gasteiger partial charge in [0.05, 0.1) is 5.75 Å². The molecule has 4 nitrogen and oxygen atoms in total. The molecular weight excluding hydrogens is 248 g/mol. The first-order chi connectivity index (χ1) is 8.61. The van der Waals surface area contributed by atoms with Crippen molar-refractivity contribution in [2.75, 3.05) is 11.5 Å². The molecule has 5 heteroatoms. The fourth-order valence-corrected chi connectivity index (χ4v) is 3.32. The summed E-state index contributed by atoms with van der Waals surface area (Å²) in [5.41, 5.74) is 1.17. The lowest BCUT2D eigenvalue weighted by molar-refractivity contribution is 0.581. The molecule has 1 fully saturated rings. The van der Waals surface area contributed by atoms with E-state index in [4.69, 9.17) is 0 Å². The summed E-state index contributed by atoms with van der Waals surface area (Å²) in [5, 5.41) is 3.45. The molecule has 1 aliphatic carbocycles. The van der Waals surface area contributed by atoms with E-state index in [-0.39, 0.29) is 5.75 Å². The van der Waals surface area contributed by atoms with Gasteiger partial charge in [-0.2, -0.15) is 0 Å². The summed E-state index contributed by atoms with van der Waals surface area (Å²) in [6, 6.07) is 4.72. The zero-order valence-electron chi connectivity index (χ0n) is 10.9. The second-order valence-corrected chi connectivity index (χ2v) is 7.30. The monoisotopic (exact) mass is 270 g/mol. The van der Waals surface area contributed by atoms with Crippen molar-refractivity contribution in [1.29, 1.82) is 0 Å². The third-order valence-electron chi connectivity index (χ3n) is 3.23. The molecule has 2 rings (SSSR count). The molecule has 0 amide bonds. The highest BCUT2D eigenvalue weighted by Gasteiger charge is 2.20. The first-order valence-corrected chi connectivity index (χ1v) is 8.50. The van der Waals surface area contributed by atoms with Crippen LogP contribution in [-0.4, -0.2) is 30.5 Å². The second kappa shape index (κ2) is 5.89. The van der Waals surface area contributed by atoms with E-state index in [1.807, 2.05) is 23.8 Å². The zero-order valence-corrected chi connectivity index (χ0v) is 11.7. The quantitative estimate of drug-likeness (QED) is 0.780. The third-order valence-corrected chi connectivity index (χ3v) is 5.07. The number of hydrogen-bond donors (Lipinski definition) is 1. The molecule has 1 N–H and O–H groups in total. The predicted molar refractivity (Wildman–Crippen MR) is 73.2 cm³/mol. The molecule has 18 heavy (non-hydrogen) atoms. The first kappa shape index (κ1) is 13.6. The van der Waals surface area contributed by atoms with Gasteiger partial charge in [-0.1, -0.05) is 6.92 Å². The molecule has 0 aromatic carbocycles. The van der Waals surface area contributed by atoms with E-state index in [0.717, 1.165) is 6.54 Å². The van der Waals surface area contributed by atoms with Crippen molar-refractivity contribution < 1.29 is 8.42 Å². The maximum Gasteiger partial charge on any atom is 0.152 e. The number of aryl methyl sites for hydroxylation is 1. The van der Waals surface area contributed by atoms with Crippen molar-refractivity contribution in [3.8, 4) is 0 Å². The van der Waals surface area contributed by atoms with E-state index < -0.39 is 9.84 Å². The minimum Gasteiger partial charge on any atom is -0.349 e. The van der Waals surface area contributed by atoms with E-state index in [2.05, 4.69) is 11.4 Å². The van der Waals surface area contributed by atoms with Crippen LogP contribution >= 0.6 is 0 Å². The Kier molecular flexibility index (Phi) is 4.45. The van der Waals surface area contributed by atoms with E-state index >= 15 is 0 Å². The van der Waals surface area contributed by atoms with Crippen LogP contribution in [0.3, 0.4) is 0 Å². The average molecular weight is 270 g/mol. The number of sulfone groups is 1. The summed E-state index contributed by atoms with van der Waals surface area (Å²) in [6.07, 6.45) is 5.20. The average Bonchev–Trinajstić information content (AvgIpc) is 3.03. The summed E-state index contributed by atoms with van der Waals surface area (Å²) in [7, 11) is -2.88. The van der Waals surface area contributed by atoms with Crippen LogP contribution in [0, 0.1) is 0 Å². The van der Waals surface area contributed by atoms with E-state index in [1.54, 1.807) is 0 Å². The molecule has 0 aliphatic heterocycles. The van der Waals surface area contributed by atoms with E-state index in [9.17, 15) is 8.42 Å². The SMILES string of the molecule is CCCS(=O)(=O)CCn1cccc1CNC1CC1. The second-order valence-electron chi connectivity index (χ2n) is 5.00. The predicted octanol–water partition coefficient (Wildman–Crippen LogP) is 1.56. The molecule has 0 atom stereocenters. The molecule has 1 aliphatic rings. The number of nitrogens with one attached hydrogen (secondary N) is 1. The van der Waals surface area contributed by atoms with Crippen molar-refractivity contribution in [2.45, 2.75) is 45.3 Å². The first-order valence-electron chi connectivity index (χ1n) is 6.68. The van der Waals surface area contributed by atoms with Crippen LogP contribution in [0.4, 0.5) is 0 Å². The number of nitrogens with zero attached hydrogens (tertiary/aromatic N) is 1. The lowest BCUT2D eigenvalue weighted by Crippen LogP contribution is -2.20. The van der Waals surface area contributed by atoms with Crippen LogP contribution in [0.5, 0.6) is 0 Å². The molecule has 1 heterocycles. The molecule has 0 radical (unpaired) electrons. The molecule has 1 aromatic heterocycles. The summed E-state index contributed by atoms with van der Waals surface area (Å²) < 4.78 is 25.4. The van der Waals surface area contributed by atoms with Crippen molar-refractivity contribution in [2.24, 2.45) is 0 Å². The molecule has 1 aromatic rings. The van der Waals surface area contributed by atoms with Crippen LogP contribution in [0.2, 0.25) is 0 Å². The smallest absolute Gasteiger partial charge is 0.152 e. The zero-order chi connectivity index (χ0) is 13.0. The normalized spacial score (nSPS) is 16.1. The minimum atomic E-state index is -2.88. The van der Waals surface area contributed by atoms with Gasteiger partial charge in [0.15, 0.2) is 9.84 Å². The Morgan fingerprint density at radius 1 is 1.39 bits per heavy atom. The molecule has 0 bridgehead atoms. The molecule has 102 valence electrons. The van der Waals surface area contributed by atoms with Gasteiger partial charge in [0.2, 0.25) is 0 Å². The Morgan fingerprint density at radius 2 is 2.17 bits per heavy atom. The Bertz CT molecular complexity index is 475. The van der Waals surface area contributed by atoms with Gasteiger partial charge < -0.3 is 9.88 Å². The standard InChI is InChI=1S/C13H22N2O2S/c1-2-9-18(16,17)10-8-15-7-3-4-13(15)11-14-12-5-6-12/h3-4,7,12,14H,2,5-6,8-11H2,1H3. The number of rotatable bonds is 8. The van der Waals surface area contributed by atoms with Crippen molar-refractivity contribution >= 4 is 9.84 Å². The highest BCUT2D eigenvalue weighted by molar-refractivity contribution is 7.91. The van der Waals surface area contributed by atoms with Crippen molar-refractivity contribution in [3.63, 3.8) is 0 Å². The Balaban J connectivity index is 1.86. The number of hydrogen-bond acceptors (Lipinski definition) is 3. The fourth-order valence-electron chi connectivity index (χ4n) is 2.01. The summed E-state index contributed by atoms with van der Waals surface area (Å²) in [5.74, 6) is 0.538. The summed E-state index contributed by atoms with van der Waals surface area (Å²) in [4.78, 5) is 0. The van der Waals surface area contributed by atoms with Crippen LogP contribution in [-0.2, 0) is 22.9 Å². The highest BCUT2D eigenvalue weighted by atomic mass is 32.2. The van der Waals surface area contributed by atoms with Crippen molar-refractivity contribution in [1.82, 2.24) is 9.88 Å². The lowest BCUT2D eigenvalue weighted by atomic mass is 10.4. The maximum absolute atomic E-state index is 11.7. The minimum absolute atomic E-state index is 0.242. The van der Waals surface area contributed by atoms with Crippen LogP contribution in [0.1, 0.15) is 31.9 Å². The van der Waals surface area contributed by atoms with E-state index in [1.165, 1.54) is 18.5 Å². The molecule has 0 unspecified atom stereocenters. The van der Waals surface area contributed by atoms with Gasteiger partial charge >= 0.3 is 0 Å². The molecular formula is C13H22N2O2S. The van der Waals surface area contributed by atoms with Crippen LogP contribution < -0.4 is 5.32 Å². The van der Waals surface area contributed by atoms with E-state index in [0.29, 0.717) is 24.8 Å². The molecule has 1 saturated carbocycles. The molecule has 0 saturated heterocycles. The van der Waals surface area contributed by atoms with Gasteiger partial charge in [-0.05, 0) is 31.4 Å².